The van der Waals surface area contributed by atoms with E-state index < -0.39 is 18.1 Å². The molecule has 0 aromatic heterocycles. The van der Waals surface area contributed by atoms with Gasteiger partial charge in [0, 0.05) is 19.3 Å². The molecule has 0 heterocycles. The summed E-state index contributed by atoms with van der Waals surface area (Å²) in [6.45, 7) is 4.51. The van der Waals surface area contributed by atoms with Crippen LogP contribution in [-0.4, -0.2) is 75.5 Å². The van der Waals surface area contributed by atoms with Gasteiger partial charge >= 0.3 is 11.9 Å². The van der Waals surface area contributed by atoms with Gasteiger partial charge in [-0.05, 0) is 70.6 Å². The molecule has 0 saturated heterocycles. The minimum atomic E-state index is -1.13. The number of hydrogen-bond acceptors (Lipinski definition) is 7. The first kappa shape index (κ1) is 57.8. The molecule has 0 aromatic rings. The number of carbonyl (C=O) groups is 3. The molecule has 8 nitrogen and oxygen atoms in total. The first-order chi connectivity index (χ1) is 29.6. The number of rotatable bonds is 43. The lowest BCUT2D eigenvalue weighted by molar-refractivity contribution is -0.889. The fraction of sp³-hybridized carbons (Fsp3) is 0.717. The zero-order valence-corrected chi connectivity index (χ0v) is 39.8. The van der Waals surface area contributed by atoms with Crippen LogP contribution in [0.3, 0.4) is 0 Å². The average Bonchev–Trinajstić information content (AvgIpc) is 3.22. The summed E-state index contributed by atoms with van der Waals surface area (Å²) in [6.07, 6.45) is 54.9. The standard InChI is InChI=1S/C53H91NO7/c1-6-8-10-12-14-16-18-20-22-24-26-28-29-31-33-35-37-39-41-43-51(55)60-48-49(47-59-46-45-50(53(57)58)54(3,4)5)61-52(56)44-42-40-38-36-34-32-30-27-25-23-21-19-17-15-13-11-9-7-2/h8,10,14,16,19-23,25,27,30,49-50H,6-7,9,11-13,15,17-18,24,26,28-29,31-48H2,1-5H3/b10-8+,16-14+,21-19+,22-20+,25-23+,30-27+. The summed E-state index contributed by atoms with van der Waals surface area (Å²) in [7, 11) is 5.40. The molecule has 350 valence electrons. The lowest BCUT2D eigenvalue weighted by atomic mass is 10.1. The molecule has 0 aliphatic rings. The number of carboxylic acids is 1. The monoisotopic (exact) mass is 854 g/mol. The van der Waals surface area contributed by atoms with Gasteiger partial charge < -0.3 is 28.6 Å². The number of quaternary nitrogens is 1. The third kappa shape index (κ3) is 41.9. The van der Waals surface area contributed by atoms with Crippen LogP contribution in [0.5, 0.6) is 0 Å². The van der Waals surface area contributed by atoms with E-state index in [2.05, 4.69) is 86.8 Å². The zero-order chi connectivity index (χ0) is 44.9. The van der Waals surface area contributed by atoms with E-state index in [0.717, 1.165) is 89.9 Å². The molecular formula is C53H91NO7. The summed E-state index contributed by atoms with van der Waals surface area (Å²) in [5.41, 5.74) is 0. The van der Waals surface area contributed by atoms with Crippen molar-refractivity contribution in [3.05, 3.63) is 72.9 Å². The zero-order valence-electron chi connectivity index (χ0n) is 39.8. The Morgan fingerprint density at radius 1 is 0.525 bits per heavy atom. The topological polar surface area (TPSA) is 102 Å². The summed E-state index contributed by atoms with van der Waals surface area (Å²) >= 11 is 0. The van der Waals surface area contributed by atoms with Crippen molar-refractivity contribution in [3.8, 4) is 0 Å². The van der Waals surface area contributed by atoms with Crippen LogP contribution in [0.25, 0.3) is 0 Å². The highest BCUT2D eigenvalue weighted by atomic mass is 16.6. The van der Waals surface area contributed by atoms with Crippen LogP contribution in [0.4, 0.5) is 0 Å². The van der Waals surface area contributed by atoms with Crippen molar-refractivity contribution in [2.45, 2.75) is 206 Å². The van der Waals surface area contributed by atoms with Crippen LogP contribution in [0.15, 0.2) is 72.9 Å². The number of allylic oxidation sites excluding steroid dienone is 12. The van der Waals surface area contributed by atoms with E-state index in [4.69, 9.17) is 14.2 Å². The van der Waals surface area contributed by atoms with Gasteiger partial charge in [-0.15, -0.1) is 0 Å². The Balaban J connectivity index is 4.34. The summed E-state index contributed by atoms with van der Waals surface area (Å²) in [4.78, 5) is 37.0. The van der Waals surface area contributed by atoms with Gasteiger partial charge in [0.05, 0.1) is 40.3 Å². The van der Waals surface area contributed by atoms with Gasteiger partial charge in [0.15, 0.2) is 6.10 Å². The van der Waals surface area contributed by atoms with E-state index >= 15 is 0 Å². The SMILES string of the molecule is CC/C=C/C/C=C/C/C=C/CCCCCCCCCCCC(=O)OCC(COCCC(C(=O)[O-])[N+](C)(C)C)OC(=O)CCCCCCC/C=C/C=C/C=C/CCCCCCC. The lowest BCUT2D eigenvalue weighted by Crippen LogP contribution is -2.55. The third-order valence-electron chi connectivity index (χ3n) is 10.6. The van der Waals surface area contributed by atoms with Gasteiger partial charge in [0.1, 0.15) is 12.6 Å². The number of hydrogen-bond donors (Lipinski definition) is 0. The number of ether oxygens (including phenoxy) is 3. The van der Waals surface area contributed by atoms with Crippen molar-refractivity contribution in [2.24, 2.45) is 0 Å². The second kappa shape index (κ2) is 43.4. The lowest BCUT2D eigenvalue weighted by Gasteiger charge is -2.34. The molecule has 61 heavy (non-hydrogen) atoms. The number of esters is 2. The van der Waals surface area contributed by atoms with Crippen LogP contribution < -0.4 is 5.11 Å². The van der Waals surface area contributed by atoms with Crippen molar-refractivity contribution < 1.29 is 38.2 Å². The molecule has 0 aliphatic heterocycles. The molecule has 0 fully saturated rings. The van der Waals surface area contributed by atoms with E-state index in [1.807, 2.05) is 0 Å². The molecule has 8 heteroatoms. The average molecular weight is 854 g/mol. The van der Waals surface area contributed by atoms with Crippen LogP contribution in [0, 0.1) is 0 Å². The Morgan fingerprint density at radius 2 is 0.984 bits per heavy atom. The van der Waals surface area contributed by atoms with Crippen molar-refractivity contribution in [1.29, 1.82) is 0 Å². The number of likely N-dealkylation sites (N-methyl/N-ethyl adjacent to an activating group) is 1. The third-order valence-corrected chi connectivity index (χ3v) is 10.6. The van der Waals surface area contributed by atoms with Gasteiger partial charge in [-0.25, -0.2) is 0 Å². The van der Waals surface area contributed by atoms with Crippen molar-refractivity contribution in [1.82, 2.24) is 0 Å². The van der Waals surface area contributed by atoms with Crippen LogP contribution in [0.1, 0.15) is 194 Å². The minimum Gasteiger partial charge on any atom is -0.544 e. The normalized spacial score (nSPS) is 13.5. The molecule has 2 unspecified atom stereocenters. The molecular weight excluding hydrogens is 763 g/mol. The number of nitrogens with zero attached hydrogens (tertiary/aromatic N) is 1. The second-order valence-electron chi connectivity index (χ2n) is 17.4. The quantitative estimate of drug-likeness (QED) is 0.0198. The Bertz CT molecular complexity index is 1230. The largest absolute Gasteiger partial charge is 0.544 e. The number of carboxylic acid groups (broad SMARTS) is 1. The van der Waals surface area contributed by atoms with Crippen LogP contribution in [0.2, 0.25) is 0 Å². The second-order valence-corrected chi connectivity index (χ2v) is 17.4. The van der Waals surface area contributed by atoms with E-state index in [1.165, 1.54) is 70.6 Å². The Hall–Kier alpha value is -3.23. The Kier molecular flexibility index (Phi) is 41.1. The summed E-state index contributed by atoms with van der Waals surface area (Å²) in [6, 6.07) is -0.734. The molecule has 0 N–H and O–H groups in total. The molecule has 0 saturated carbocycles. The first-order valence-electron chi connectivity index (χ1n) is 24.5. The predicted molar refractivity (Wildman–Crippen MR) is 254 cm³/mol. The fourth-order valence-corrected chi connectivity index (χ4v) is 6.85. The molecule has 0 aromatic carbocycles. The van der Waals surface area contributed by atoms with Gasteiger partial charge in [0.2, 0.25) is 0 Å². The number of carbonyl (C=O) groups excluding carboxylic acids is 3. The summed E-state index contributed by atoms with van der Waals surface area (Å²) in [5, 5.41) is 11.7. The molecule has 2 atom stereocenters. The van der Waals surface area contributed by atoms with Crippen LogP contribution >= 0.6 is 0 Å². The smallest absolute Gasteiger partial charge is 0.306 e. The number of unbranched alkanes of at least 4 members (excludes halogenated alkanes) is 19. The molecule has 0 radical (unpaired) electrons. The van der Waals surface area contributed by atoms with E-state index in [1.54, 1.807) is 21.1 Å². The van der Waals surface area contributed by atoms with Gasteiger partial charge in [-0.2, -0.15) is 0 Å². The highest BCUT2D eigenvalue weighted by Gasteiger charge is 2.25. The Morgan fingerprint density at radius 3 is 1.49 bits per heavy atom. The maximum atomic E-state index is 12.8. The van der Waals surface area contributed by atoms with E-state index in [-0.39, 0.29) is 42.7 Å². The molecule has 0 amide bonds. The van der Waals surface area contributed by atoms with Crippen LogP contribution in [-0.2, 0) is 28.6 Å². The highest BCUT2D eigenvalue weighted by Crippen LogP contribution is 2.14. The molecule has 0 bridgehead atoms. The minimum absolute atomic E-state index is 0.0276. The molecule has 0 aliphatic carbocycles. The first-order valence-corrected chi connectivity index (χ1v) is 24.5. The van der Waals surface area contributed by atoms with Gasteiger partial charge in [-0.3, -0.25) is 9.59 Å². The summed E-state index contributed by atoms with van der Waals surface area (Å²) < 4.78 is 17.2. The molecule has 0 rings (SSSR count). The Labute approximate surface area is 374 Å². The van der Waals surface area contributed by atoms with E-state index in [9.17, 15) is 19.5 Å². The summed E-state index contributed by atoms with van der Waals surface area (Å²) in [5.74, 6) is -1.77. The highest BCUT2D eigenvalue weighted by molar-refractivity contribution is 5.70. The number of aliphatic carboxylic acids is 1. The van der Waals surface area contributed by atoms with Crippen molar-refractivity contribution in [3.63, 3.8) is 0 Å². The molecule has 0 spiro atoms. The van der Waals surface area contributed by atoms with E-state index in [0.29, 0.717) is 12.8 Å². The van der Waals surface area contributed by atoms with Crippen molar-refractivity contribution >= 4 is 17.9 Å². The fourth-order valence-electron chi connectivity index (χ4n) is 6.85. The maximum Gasteiger partial charge on any atom is 0.306 e. The van der Waals surface area contributed by atoms with Crippen molar-refractivity contribution in [2.75, 3.05) is 41.0 Å². The van der Waals surface area contributed by atoms with Gasteiger partial charge in [0.25, 0.3) is 0 Å². The van der Waals surface area contributed by atoms with Gasteiger partial charge in [-0.1, -0.05) is 177 Å². The predicted octanol–water partition coefficient (Wildman–Crippen LogP) is 12.6. The maximum absolute atomic E-state index is 12.8.